The van der Waals surface area contributed by atoms with Gasteiger partial charge >= 0.3 is 0 Å². The fourth-order valence-electron chi connectivity index (χ4n) is 3.53. The summed E-state index contributed by atoms with van der Waals surface area (Å²) in [4.78, 5) is 13.6. The molecule has 0 heterocycles. The molecule has 0 bridgehead atoms. The van der Waals surface area contributed by atoms with Gasteiger partial charge in [-0.25, -0.2) is 0 Å². The van der Waals surface area contributed by atoms with E-state index in [1.807, 2.05) is 14.0 Å². The van der Waals surface area contributed by atoms with Crippen LogP contribution >= 0.6 is 0 Å². The first-order chi connectivity index (χ1) is 8.15. The minimum absolute atomic E-state index is 0.193. The lowest BCUT2D eigenvalue weighted by Crippen LogP contribution is -2.47. The molecule has 0 aromatic rings. The Labute approximate surface area is 112 Å². The number of likely N-dealkylation sites (N-methyl/N-ethyl adjacent to an activating group) is 1. The Morgan fingerprint density at radius 1 is 1.22 bits per heavy atom. The molecule has 0 spiro atoms. The fourth-order valence-corrected chi connectivity index (χ4v) is 3.53. The summed E-state index contributed by atoms with van der Waals surface area (Å²) in [5.41, 5.74) is 0.748. The molecule has 1 rings (SSSR count). The lowest BCUT2D eigenvalue weighted by Gasteiger charge is -2.45. The van der Waals surface area contributed by atoms with Gasteiger partial charge in [-0.15, -0.1) is 0 Å². The van der Waals surface area contributed by atoms with Crippen molar-refractivity contribution >= 4 is 5.91 Å². The lowest BCUT2D eigenvalue weighted by molar-refractivity contribution is -0.129. The third-order valence-corrected chi connectivity index (χ3v) is 4.00. The Bertz CT molecular complexity index is 281. The lowest BCUT2D eigenvalue weighted by atomic mass is 9.63. The van der Waals surface area contributed by atoms with E-state index in [1.165, 1.54) is 19.3 Å². The molecule has 1 aliphatic carbocycles. The summed E-state index contributed by atoms with van der Waals surface area (Å²) in [6.07, 6.45) is 3.60. The molecule has 1 saturated carbocycles. The van der Waals surface area contributed by atoms with Crippen LogP contribution in [-0.2, 0) is 4.79 Å². The van der Waals surface area contributed by atoms with Crippen molar-refractivity contribution in [3.05, 3.63) is 0 Å². The predicted molar refractivity (Wildman–Crippen MR) is 76.5 cm³/mol. The smallest absolute Gasteiger partial charge is 0.236 e. The van der Waals surface area contributed by atoms with Gasteiger partial charge in [0, 0.05) is 19.6 Å². The minimum atomic E-state index is 0.193. The molecule has 3 nitrogen and oxygen atoms in total. The highest BCUT2D eigenvalue weighted by atomic mass is 16.2. The zero-order valence-electron chi connectivity index (χ0n) is 13.0. The number of rotatable bonds is 4. The van der Waals surface area contributed by atoms with Gasteiger partial charge in [0.2, 0.25) is 5.91 Å². The van der Waals surface area contributed by atoms with E-state index < -0.39 is 0 Å². The van der Waals surface area contributed by atoms with Crippen LogP contribution in [0.25, 0.3) is 0 Å². The first kappa shape index (κ1) is 15.5. The third-order valence-electron chi connectivity index (χ3n) is 4.00. The second-order valence-corrected chi connectivity index (χ2v) is 7.40. The van der Waals surface area contributed by atoms with E-state index in [1.54, 1.807) is 4.90 Å². The number of nitrogens with zero attached hydrogens (tertiary/aromatic N) is 1. The van der Waals surface area contributed by atoms with Crippen LogP contribution in [0, 0.1) is 10.8 Å². The molecule has 106 valence electrons. The van der Waals surface area contributed by atoms with Gasteiger partial charge in [-0.05, 0) is 37.0 Å². The topological polar surface area (TPSA) is 32.3 Å². The van der Waals surface area contributed by atoms with E-state index in [0.717, 1.165) is 6.54 Å². The van der Waals surface area contributed by atoms with Gasteiger partial charge in [0.15, 0.2) is 0 Å². The molecule has 0 aromatic heterocycles. The van der Waals surface area contributed by atoms with Crippen molar-refractivity contribution in [1.29, 1.82) is 0 Å². The highest BCUT2D eigenvalue weighted by Crippen LogP contribution is 2.45. The monoisotopic (exact) mass is 254 g/mol. The van der Waals surface area contributed by atoms with Crippen LogP contribution in [0.3, 0.4) is 0 Å². The van der Waals surface area contributed by atoms with Crippen LogP contribution in [0.15, 0.2) is 0 Å². The van der Waals surface area contributed by atoms with Gasteiger partial charge in [0.1, 0.15) is 0 Å². The first-order valence-electron chi connectivity index (χ1n) is 7.12. The first-order valence-corrected chi connectivity index (χ1v) is 7.12. The average molecular weight is 254 g/mol. The molecule has 0 aromatic carbocycles. The summed E-state index contributed by atoms with van der Waals surface area (Å²) in [6.45, 7) is 12.6. The largest absolute Gasteiger partial charge is 0.345 e. The van der Waals surface area contributed by atoms with Crippen molar-refractivity contribution in [3.8, 4) is 0 Å². The van der Waals surface area contributed by atoms with E-state index in [4.69, 9.17) is 0 Å². The van der Waals surface area contributed by atoms with Crippen LogP contribution in [0.1, 0.15) is 53.9 Å². The SMILES string of the molecule is CCN(C)C(=O)CNC1CC(C)(C)CC(C)(C)C1. The molecule has 18 heavy (non-hydrogen) atoms. The Kier molecular flexibility index (Phi) is 4.82. The predicted octanol–water partition coefficient (Wildman–Crippen LogP) is 2.66. The second-order valence-electron chi connectivity index (χ2n) is 7.40. The van der Waals surface area contributed by atoms with E-state index >= 15 is 0 Å². The molecule has 0 aliphatic heterocycles. The van der Waals surface area contributed by atoms with Crippen molar-refractivity contribution in [2.45, 2.75) is 59.9 Å². The van der Waals surface area contributed by atoms with Crippen LogP contribution in [-0.4, -0.2) is 37.0 Å². The second kappa shape index (κ2) is 5.60. The molecule has 0 unspecified atom stereocenters. The quantitative estimate of drug-likeness (QED) is 0.836. The van der Waals surface area contributed by atoms with Crippen LogP contribution in [0.5, 0.6) is 0 Å². The third kappa shape index (κ3) is 4.60. The number of carbonyl (C=O) groups is 1. The molecule has 3 heteroatoms. The Morgan fingerprint density at radius 2 is 1.72 bits per heavy atom. The van der Waals surface area contributed by atoms with Gasteiger partial charge in [0.25, 0.3) is 0 Å². The van der Waals surface area contributed by atoms with Gasteiger partial charge in [0.05, 0.1) is 6.54 Å². The number of amides is 1. The van der Waals surface area contributed by atoms with E-state index in [-0.39, 0.29) is 5.91 Å². The van der Waals surface area contributed by atoms with Gasteiger partial charge in [-0.1, -0.05) is 27.7 Å². The van der Waals surface area contributed by atoms with Crippen molar-refractivity contribution in [1.82, 2.24) is 10.2 Å². The van der Waals surface area contributed by atoms with Crippen LogP contribution in [0.2, 0.25) is 0 Å². The van der Waals surface area contributed by atoms with Crippen LogP contribution in [0.4, 0.5) is 0 Å². The summed E-state index contributed by atoms with van der Waals surface area (Å²) in [6, 6.07) is 0.470. The number of hydrogen-bond acceptors (Lipinski definition) is 2. The molecular formula is C15H30N2O. The van der Waals surface area contributed by atoms with Gasteiger partial charge < -0.3 is 10.2 Å². The number of hydrogen-bond donors (Lipinski definition) is 1. The normalized spacial score (nSPS) is 22.8. The van der Waals surface area contributed by atoms with Gasteiger partial charge in [-0.3, -0.25) is 4.79 Å². The van der Waals surface area contributed by atoms with Crippen molar-refractivity contribution in [2.75, 3.05) is 20.1 Å². The maximum absolute atomic E-state index is 11.8. The number of nitrogens with one attached hydrogen (secondary N) is 1. The Hall–Kier alpha value is -0.570. The number of carbonyl (C=O) groups excluding carboxylic acids is 1. The average Bonchev–Trinajstić information content (AvgIpc) is 2.20. The van der Waals surface area contributed by atoms with E-state index in [9.17, 15) is 4.79 Å². The standard InChI is InChI=1S/C15H30N2O/c1-7-17(6)13(18)10-16-12-8-14(2,3)11-15(4,5)9-12/h12,16H,7-11H2,1-6H3. The van der Waals surface area contributed by atoms with Crippen LogP contribution < -0.4 is 5.32 Å². The zero-order valence-corrected chi connectivity index (χ0v) is 13.0. The van der Waals surface area contributed by atoms with Gasteiger partial charge in [-0.2, -0.15) is 0 Å². The molecule has 1 N–H and O–H groups in total. The maximum Gasteiger partial charge on any atom is 0.236 e. The Morgan fingerprint density at radius 3 is 2.17 bits per heavy atom. The van der Waals surface area contributed by atoms with Crippen molar-refractivity contribution in [2.24, 2.45) is 10.8 Å². The summed E-state index contributed by atoms with van der Waals surface area (Å²) in [7, 11) is 1.86. The molecular weight excluding hydrogens is 224 g/mol. The summed E-state index contributed by atoms with van der Waals surface area (Å²) < 4.78 is 0. The minimum Gasteiger partial charge on any atom is -0.345 e. The summed E-state index contributed by atoms with van der Waals surface area (Å²) >= 11 is 0. The van der Waals surface area contributed by atoms with E-state index in [0.29, 0.717) is 23.4 Å². The summed E-state index contributed by atoms with van der Waals surface area (Å²) in [5.74, 6) is 0.193. The molecule has 0 atom stereocenters. The maximum atomic E-state index is 11.8. The molecule has 1 aliphatic rings. The van der Waals surface area contributed by atoms with Crippen molar-refractivity contribution < 1.29 is 4.79 Å². The highest BCUT2D eigenvalue weighted by molar-refractivity contribution is 5.77. The molecule has 0 saturated heterocycles. The zero-order chi connectivity index (χ0) is 14.0. The van der Waals surface area contributed by atoms with Crippen molar-refractivity contribution in [3.63, 3.8) is 0 Å². The fraction of sp³-hybridized carbons (Fsp3) is 0.933. The van der Waals surface area contributed by atoms with E-state index in [2.05, 4.69) is 33.0 Å². The summed E-state index contributed by atoms with van der Waals surface area (Å²) in [5, 5.41) is 3.46. The highest BCUT2D eigenvalue weighted by Gasteiger charge is 2.38. The molecule has 0 radical (unpaired) electrons. The molecule has 1 fully saturated rings. The molecule has 1 amide bonds. The Balaban J connectivity index is 2.50.